The minimum absolute atomic E-state index is 0.0583. The maximum absolute atomic E-state index is 13.4. The van der Waals surface area contributed by atoms with E-state index in [0.29, 0.717) is 16.9 Å². The third-order valence-corrected chi connectivity index (χ3v) is 6.26. The van der Waals surface area contributed by atoms with E-state index < -0.39 is 17.6 Å². The molecule has 0 radical (unpaired) electrons. The van der Waals surface area contributed by atoms with E-state index in [-0.39, 0.29) is 38.4 Å². The van der Waals surface area contributed by atoms with Gasteiger partial charge in [0.25, 0.3) is 11.8 Å². The van der Waals surface area contributed by atoms with Crippen molar-refractivity contribution in [1.82, 2.24) is 10.2 Å². The van der Waals surface area contributed by atoms with Crippen molar-refractivity contribution in [1.29, 1.82) is 0 Å². The summed E-state index contributed by atoms with van der Waals surface area (Å²) in [7, 11) is 0. The summed E-state index contributed by atoms with van der Waals surface area (Å²) in [6, 6.07) is 12.8. The Morgan fingerprint density at radius 2 is 1.74 bits per heavy atom. The van der Waals surface area contributed by atoms with Gasteiger partial charge in [0.05, 0.1) is 11.0 Å². The van der Waals surface area contributed by atoms with E-state index in [1.165, 1.54) is 4.90 Å². The molecule has 6 nitrogen and oxygen atoms in total. The van der Waals surface area contributed by atoms with E-state index in [1.807, 2.05) is 30.3 Å². The number of likely N-dealkylation sites (tertiary alicyclic amines) is 1. The number of nitrogens with one attached hydrogen (secondary N) is 1. The van der Waals surface area contributed by atoms with Crippen molar-refractivity contribution < 1.29 is 27.5 Å². The summed E-state index contributed by atoms with van der Waals surface area (Å²) >= 11 is 3.55. The van der Waals surface area contributed by atoms with Crippen molar-refractivity contribution in [2.45, 2.75) is 51.7 Å². The first-order chi connectivity index (χ1) is 16.4. The third-order valence-electron chi connectivity index (χ3n) is 5.68. The van der Waals surface area contributed by atoms with E-state index in [4.69, 9.17) is 9.15 Å². The molecule has 1 fully saturated rings. The summed E-state index contributed by atoms with van der Waals surface area (Å²) in [5, 5.41) is 3.53. The molecule has 2 aromatic carbocycles. The number of fused-ring (bicyclic) bond motifs is 1. The van der Waals surface area contributed by atoms with Gasteiger partial charge in [-0.2, -0.15) is 0 Å². The lowest BCUT2D eigenvalue weighted by Crippen LogP contribution is -2.42. The molecular formula is C26H27BrF2N2O4. The number of piperidine rings is 1. The van der Waals surface area contributed by atoms with Crippen LogP contribution < -0.4 is 5.32 Å². The van der Waals surface area contributed by atoms with Gasteiger partial charge in [-0.1, -0.05) is 12.1 Å². The van der Waals surface area contributed by atoms with Gasteiger partial charge in [-0.25, -0.2) is 13.6 Å². The Morgan fingerprint density at radius 1 is 1.09 bits per heavy atom. The second-order valence-corrected chi connectivity index (χ2v) is 10.5. The Bertz CT molecular complexity index is 1240. The average Bonchev–Trinajstić information content (AvgIpc) is 3.20. The van der Waals surface area contributed by atoms with Gasteiger partial charge in [-0.15, -0.1) is 0 Å². The number of benzene rings is 2. The van der Waals surface area contributed by atoms with Gasteiger partial charge < -0.3 is 19.4 Å². The predicted octanol–water partition coefficient (Wildman–Crippen LogP) is 6.76. The largest absolute Gasteiger partial charge is 0.458 e. The molecule has 2 heterocycles. The van der Waals surface area contributed by atoms with Gasteiger partial charge in [0.15, 0.2) is 0 Å². The zero-order valence-corrected chi connectivity index (χ0v) is 21.4. The second-order valence-electron chi connectivity index (χ2n) is 9.67. The lowest BCUT2D eigenvalue weighted by Gasteiger charge is -2.31. The highest BCUT2D eigenvalue weighted by Gasteiger charge is 2.35. The molecule has 0 bridgehead atoms. The zero-order chi connectivity index (χ0) is 25.4. The normalized spacial score (nSPS) is 15.8. The average molecular weight is 549 g/mol. The second kappa shape index (κ2) is 9.60. The minimum atomic E-state index is -2.69. The lowest BCUT2D eigenvalue weighted by molar-refractivity contribution is -0.0494. The quantitative estimate of drug-likeness (QED) is 0.391. The summed E-state index contributed by atoms with van der Waals surface area (Å²) in [6.07, 6.45) is -1.12. The standard InChI is InChI=1S/C26H27BrF2N2O4/c1-25(2,3)35-24(33)30-15-20-13-19-12-18(14-21(27)22(19)34-20)16-4-6-17(7-5-16)23(32)31-10-8-26(28,29)9-11-31/h4-7,12-14H,8-11,15H2,1-3H3,(H,30,33). The van der Waals surface area contributed by atoms with Crippen LogP contribution in [0.25, 0.3) is 22.1 Å². The summed E-state index contributed by atoms with van der Waals surface area (Å²) in [5.41, 5.74) is 2.34. The fourth-order valence-electron chi connectivity index (χ4n) is 3.92. The molecule has 1 saturated heterocycles. The van der Waals surface area contributed by atoms with Crippen LogP contribution in [-0.4, -0.2) is 41.5 Å². The molecule has 4 rings (SSSR count). The molecule has 35 heavy (non-hydrogen) atoms. The predicted molar refractivity (Wildman–Crippen MR) is 133 cm³/mol. The van der Waals surface area contributed by atoms with E-state index >= 15 is 0 Å². The van der Waals surface area contributed by atoms with Gasteiger partial charge in [-0.05, 0) is 78.2 Å². The Hall–Kier alpha value is -2.94. The number of rotatable bonds is 4. The van der Waals surface area contributed by atoms with Crippen LogP contribution in [0.4, 0.5) is 13.6 Å². The van der Waals surface area contributed by atoms with Gasteiger partial charge >= 0.3 is 6.09 Å². The van der Waals surface area contributed by atoms with E-state index in [9.17, 15) is 18.4 Å². The molecule has 186 valence electrons. The number of alkyl carbamates (subject to hydrolysis) is 1. The number of ether oxygens (including phenoxy) is 1. The van der Waals surface area contributed by atoms with Gasteiger partial charge in [0, 0.05) is 36.9 Å². The van der Waals surface area contributed by atoms with Crippen molar-refractivity contribution in [2.24, 2.45) is 0 Å². The third kappa shape index (κ3) is 6.20. The van der Waals surface area contributed by atoms with Crippen LogP contribution >= 0.6 is 15.9 Å². The molecule has 0 aliphatic carbocycles. The van der Waals surface area contributed by atoms with Gasteiger partial charge in [0.1, 0.15) is 16.9 Å². The summed E-state index contributed by atoms with van der Waals surface area (Å²) in [5.74, 6) is -2.34. The molecule has 1 aromatic heterocycles. The summed E-state index contributed by atoms with van der Waals surface area (Å²) in [4.78, 5) is 26.1. The molecule has 1 aliphatic heterocycles. The van der Waals surface area contributed by atoms with E-state index in [1.54, 1.807) is 32.9 Å². The first-order valence-corrected chi connectivity index (χ1v) is 12.2. The number of furan rings is 1. The van der Waals surface area contributed by atoms with Crippen LogP contribution in [0, 0.1) is 0 Å². The molecule has 0 spiro atoms. The lowest BCUT2D eigenvalue weighted by atomic mass is 10.0. The molecule has 1 N–H and O–H groups in total. The van der Waals surface area contributed by atoms with Crippen LogP contribution in [0.5, 0.6) is 0 Å². The highest BCUT2D eigenvalue weighted by molar-refractivity contribution is 9.10. The van der Waals surface area contributed by atoms with Crippen LogP contribution in [0.3, 0.4) is 0 Å². The Morgan fingerprint density at radius 3 is 2.37 bits per heavy atom. The van der Waals surface area contributed by atoms with Crippen molar-refractivity contribution in [3.8, 4) is 11.1 Å². The van der Waals surface area contributed by atoms with Crippen LogP contribution in [0.15, 0.2) is 51.4 Å². The first-order valence-electron chi connectivity index (χ1n) is 11.4. The number of carbonyl (C=O) groups is 2. The van der Waals surface area contributed by atoms with Crippen molar-refractivity contribution in [2.75, 3.05) is 13.1 Å². The summed E-state index contributed by atoms with van der Waals surface area (Å²) < 4.78 is 38.7. The Kier molecular flexibility index (Phi) is 6.90. The smallest absolute Gasteiger partial charge is 0.408 e. The molecule has 1 aliphatic rings. The Balaban J connectivity index is 1.47. The van der Waals surface area contributed by atoms with E-state index in [0.717, 1.165) is 21.0 Å². The highest BCUT2D eigenvalue weighted by Crippen LogP contribution is 2.34. The monoisotopic (exact) mass is 548 g/mol. The van der Waals surface area contributed by atoms with Gasteiger partial charge in [-0.3, -0.25) is 4.79 Å². The molecule has 0 unspecified atom stereocenters. The molecule has 0 saturated carbocycles. The van der Waals surface area contributed by atoms with Gasteiger partial charge in [0.2, 0.25) is 0 Å². The maximum atomic E-state index is 13.4. The number of alkyl halides is 2. The fraction of sp³-hybridized carbons (Fsp3) is 0.385. The number of nitrogens with zero attached hydrogens (tertiary/aromatic N) is 1. The zero-order valence-electron chi connectivity index (χ0n) is 19.8. The fourth-order valence-corrected chi connectivity index (χ4v) is 4.47. The van der Waals surface area contributed by atoms with Crippen molar-refractivity contribution >= 4 is 38.9 Å². The molecule has 2 amide bonds. The molecule has 0 atom stereocenters. The maximum Gasteiger partial charge on any atom is 0.408 e. The molecule has 3 aromatic rings. The molecular weight excluding hydrogens is 522 g/mol. The number of hydrogen-bond acceptors (Lipinski definition) is 4. The number of amides is 2. The minimum Gasteiger partial charge on any atom is -0.458 e. The highest BCUT2D eigenvalue weighted by atomic mass is 79.9. The number of hydrogen-bond donors (Lipinski definition) is 1. The van der Waals surface area contributed by atoms with Crippen LogP contribution in [0.1, 0.15) is 49.7 Å². The first kappa shape index (κ1) is 25.2. The van der Waals surface area contributed by atoms with Crippen molar-refractivity contribution in [3.63, 3.8) is 0 Å². The number of carbonyl (C=O) groups excluding carboxylic acids is 2. The summed E-state index contributed by atoms with van der Waals surface area (Å²) in [6.45, 7) is 5.69. The molecule has 9 heteroatoms. The van der Waals surface area contributed by atoms with Crippen LogP contribution in [0.2, 0.25) is 0 Å². The van der Waals surface area contributed by atoms with E-state index in [2.05, 4.69) is 21.2 Å². The Labute approximate surface area is 210 Å². The van der Waals surface area contributed by atoms with Crippen molar-refractivity contribution in [3.05, 3.63) is 58.3 Å². The topological polar surface area (TPSA) is 71.8 Å². The number of halogens is 3. The SMILES string of the molecule is CC(C)(C)OC(=O)NCc1cc2cc(-c3ccc(C(=O)N4CCC(F)(F)CC4)cc3)cc(Br)c2o1. The van der Waals surface area contributed by atoms with Crippen LogP contribution in [-0.2, 0) is 11.3 Å².